The summed E-state index contributed by atoms with van der Waals surface area (Å²) in [6.45, 7) is 0. The third-order valence-electron chi connectivity index (χ3n) is 5.43. The van der Waals surface area contributed by atoms with Crippen molar-refractivity contribution in [2.24, 2.45) is 10.2 Å². The highest BCUT2D eigenvalue weighted by molar-refractivity contribution is 7.86. The van der Waals surface area contributed by atoms with Gasteiger partial charge >= 0.3 is 5.69 Å². The van der Waals surface area contributed by atoms with Crippen LogP contribution in [0.4, 0.5) is 34.1 Å². The molecule has 4 rings (SSSR count). The smallest absolute Gasteiger partial charge is 0.319 e. The van der Waals surface area contributed by atoms with Gasteiger partial charge in [0.2, 0.25) is 5.75 Å². The minimum Gasteiger partial charge on any atom is -0.504 e. The van der Waals surface area contributed by atoms with Crippen molar-refractivity contribution in [3.8, 4) is 17.2 Å². The normalized spacial score (nSPS) is 11.5. The first-order chi connectivity index (χ1) is 18.4. The number of aromatic hydroxyl groups is 2. The molecule has 15 nitrogen and oxygen atoms in total. The van der Waals surface area contributed by atoms with Crippen LogP contribution in [0.2, 0.25) is 0 Å². The van der Waals surface area contributed by atoms with Gasteiger partial charge < -0.3 is 20.3 Å². The topological polar surface area (TPSA) is 227 Å². The molecule has 0 bridgehead atoms. The van der Waals surface area contributed by atoms with Crippen LogP contribution in [0.5, 0.6) is 17.2 Å². The van der Waals surface area contributed by atoms with Crippen LogP contribution in [-0.4, -0.2) is 40.1 Å². The Morgan fingerprint density at radius 1 is 0.872 bits per heavy atom. The van der Waals surface area contributed by atoms with Crippen LogP contribution in [-0.2, 0) is 10.1 Å². The van der Waals surface area contributed by atoms with E-state index in [1.54, 1.807) is 30.3 Å². The molecule has 0 aliphatic heterocycles. The van der Waals surface area contributed by atoms with E-state index in [2.05, 4.69) is 15.5 Å². The van der Waals surface area contributed by atoms with E-state index < -0.39 is 59.1 Å². The molecular weight excluding hydrogens is 538 g/mol. The number of benzene rings is 4. The number of phenolic OH excluding ortho intramolecular Hbond substituents is 2. The van der Waals surface area contributed by atoms with E-state index in [0.29, 0.717) is 29.3 Å². The van der Waals surface area contributed by atoms with Crippen LogP contribution in [0.3, 0.4) is 0 Å². The van der Waals surface area contributed by atoms with Crippen molar-refractivity contribution < 1.29 is 37.8 Å². The van der Waals surface area contributed by atoms with Crippen molar-refractivity contribution in [3.63, 3.8) is 0 Å². The van der Waals surface area contributed by atoms with Gasteiger partial charge in [-0.2, -0.15) is 8.42 Å². The summed E-state index contributed by atoms with van der Waals surface area (Å²) in [5, 5.41) is 53.9. The van der Waals surface area contributed by atoms with Gasteiger partial charge in [0.05, 0.1) is 23.0 Å². The molecule has 0 saturated heterocycles. The standard InChI is InChI=1S/C23H17N5O10S/c1-38-16-5-2-13(3-6-16)24-14-4-7-17-12(8-14)9-20(39(35,36)37)23(30)21(17)26-25-18-10-15(27(31)32)11-19(22(18)29)28(33)34/h2-11,24,29-30H,1H3,(H,35,36,37). The number of ether oxygens (including phenoxy) is 1. The molecule has 4 aromatic carbocycles. The first-order valence-corrected chi connectivity index (χ1v) is 12.1. The minimum absolute atomic E-state index is 0.128. The maximum atomic E-state index is 12.0. The van der Waals surface area contributed by atoms with Crippen molar-refractivity contribution in [1.82, 2.24) is 0 Å². The summed E-state index contributed by atoms with van der Waals surface area (Å²) in [7, 11) is -3.45. The number of rotatable bonds is 8. The summed E-state index contributed by atoms with van der Waals surface area (Å²) in [6.07, 6.45) is 0. The van der Waals surface area contributed by atoms with E-state index in [9.17, 15) is 43.4 Å². The van der Waals surface area contributed by atoms with Crippen LogP contribution in [0.25, 0.3) is 10.8 Å². The quantitative estimate of drug-likeness (QED) is 0.0920. The third kappa shape index (κ3) is 5.50. The summed E-state index contributed by atoms with van der Waals surface area (Å²) >= 11 is 0. The molecule has 0 fully saturated rings. The predicted octanol–water partition coefficient (Wildman–Crippen LogP) is 5.48. The molecule has 0 atom stereocenters. The molecule has 0 spiro atoms. The highest BCUT2D eigenvalue weighted by Crippen LogP contribution is 2.44. The highest BCUT2D eigenvalue weighted by Gasteiger charge is 2.25. The first-order valence-electron chi connectivity index (χ1n) is 10.6. The first kappa shape index (κ1) is 26.7. The van der Waals surface area contributed by atoms with E-state index in [0.717, 1.165) is 6.07 Å². The number of non-ortho nitro benzene ring substituents is 1. The number of fused-ring (bicyclic) bond motifs is 1. The van der Waals surface area contributed by atoms with E-state index in [1.807, 2.05) is 0 Å². The summed E-state index contributed by atoms with van der Waals surface area (Å²) in [5.41, 5.74) is -1.85. The van der Waals surface area contributed by atoms with Gasteiger partial charge in [-0.3, -0.25) is 24.8 Å². The molecule has 0 aliphatic rings. The molecular formula is C23H17N5O10S. The fourth-order valence-corrected chi connectivity index (χ4v) is 4.20. The second kappa shape index (κ2) is 10.2. The fraction of sp³-hybridized carbons (Fsp3) is 0.0435. The van der Waals surface area contributed by atoms with Crippen LogP contribution in [0, 0.1) is 20.2 Å². The Morgan fingerprint density at radius 2 is 1.54 bits per heavy atom. The largest absolute Gasteiger partial charge is 0.504 e. The molecule has 0 radical (unpaired) electrons. The average Bonchev–Trinajstić information content (AvgIpc) is 2.88. The number of hydrogen-bond donors (Lipinski definition) is 4. The molecule has 0 saturated carbocycles. The predicted molar refractivity (Wildman–Crippen MR) is 137 cm³/mol. The molecule has 0 heterocycles. The summed E-state index contributed by atoms with van der Waals surface area (Å²) < 4.78 is 38.7. The lowest BCUT2D eigenvalue weighted by Gasteiger charge is -2.12. The van der Waals surface area contributed by atoms with Crippen molar-refractivity contribution in [2.75, 3.05) is 12.4 Å². The Labute approximate surface area is 218 Å². The van der Waals surface area contributed by atoms with E-state index in [1.165, 1.54) is 19.2 Å². The number of nitrogens with zero attached hydrogens (tertiary/aromatic N) is 4. The Bertz CT molecular complexity index is 1770. The second-order valence-electron chi connectivity index (χ2n) is 7.88. The molecule has 39 heavy (non-hydrogen) atoms. The van der Waals surface area contributed by atoms with Crippen LogP contribution >= 0.6 is 0 Å². The fourth-order valence-electron chi connectivity index (χ4n) is 3.58. The number of hydrogen-bond acceptors (Lipinski definition) is 12. The van der Waals surface area contributed by atoms with Gasteiger partial charge in [0.1, 0.15) is 22.0 Å². The Hall–Kier alpha value is -5.35. The molecule has 0 unspecified atom stereocenters. The van der Waals surface area contributed by atoms with Gasteiger partial charge in [-0.1, -0.05) is 0 Å². The van der Waals surface area contributed by atoms with Gasteiger partial charge in [0.25, 0.3) is 15.8 Å². The van der Waals surface area contributed by atoms with Crippen LogP contribution in [0.15, 0.2) is 75.8 Å². The number of phenols is 2. The number of nitrogens with one attached hydrogen (secondary N) is 1. The molecule has 4 N–H and O–H groups in total. The van der Waals surface area contributed by atoms with Crippen LogP contribution < -0.4 is 10.1 Å². The molecule has 0 amide bonds. The number of azo groups is 1. The summed E-state index contributed by atoms with van der Waals surface area (Å²) in [4.78, 5) is 19.4. The number of anilines is 2. The minimum atomic E-state index is -4.97. The van der Waals surface area contributed by atoms with Gasteiger partial charge in [0.15, 0.2) is 5.75 Å². The van der Waals surface area contributed by atoms with Gasteiger partial charge in [0, 0.05) is 22.8 Å². The Kier molecular flexibility index (Phi) is 6.98. The number of methoxy groups -OCH3 is 1. The zero-order valence-electron chi connectivity index (χ0n) is 19.7. The molecule has 0 aromatic heterocycles. The Morgan fingerprint density at radius 3 is 2.13 bits per heavy atom. The zero-order valence-corrected chi connectivity index (χ0v) is 20.5. The molecule has 200 valence electrons. The summed E-state index contributed by atoms with van der Waals surface area (Å²) in [6, 6.07) is 13.6. The lowest BCUT2D eigenvalue weighted by Crippen LogP contribution is -1.99. The van der Waals surface area contributed by atoms with E-state index in [4.69, 9.17) is 4.74 Å². The van der Waals surface area contributed by atoms with Crippen LogP contribution in [0.1, 0.15) is 0 Å². The molecule has 4 aromatic rings. The van der Waals surface area contributed by atoms with Gasteiger partial charge in [-0.15, -0.1) is 10.2 Å². The maximum Gasteiger partial charge on any atom is 0.319 e. The number of nitro groups is 2. The summed E-state index contributed by atoms with van der Waals surface area (Å²) in [5.74, 6) is -1.43. The maximum absolute atomic E-state index is 12.0. The SMILES string of the molecule is COc1ccc(Nc2ccc3c(N=Nc4cc([N+](=O)[O-])cc([N+](=O)[O-])c4O)c(O)c(S(=O)(=O)O)cc3c2)cc1. The van der Waals surface area contributed by atoms with E-state index >= 15 is 0 Å². The van der Waals surface area contributed by atoms with Crippen molar-refractivity contribution >= 4 is 55.0 Å². The van der Waals surface area contributed by atoms with E-state index in [-0.39, 0.29) is 10.8 Å². The van der Waals surface area contributed by atoms with Gasteiger partial charge in [-0.25, -0.2) is 0 Å². The Balaban J connectivity index is 1.86. The van der Waals surface area contributed by atoms with Crippen molar-refractivity contribution in [2.45, 2.75) is 4.90 Å². The molecule has 16 heteroatoms. The molecule has 0 aliphatic carbocycles. The monoisotopic (exact) mass is 555 g/mol. The third-order valence-corrected chi connectivity index (χ3v) is 6.29. The number of nitro benzene ring substituents is 2. The average molecular weight is 555 g/mol. The lowest BCUT2D eigenvalue weighted by molar-refractivity contribution is -0.394. The lowest BCUT2D eigenvalue weighted by atomic mass is 10.1. The van der Waals surface area contributed by atoms with Crippen molar-refractivity contribution in [3.05, 3.63) is 80.9 Å². The van der Waals surface area contributed by atoms with Crippen molar-refractivity contribution in [1.29, 1.82) is 0 Å². The second-order valence-corrected chi connectivity index (χ2v) is 9.27. The zero-order chi connectivity index (χ0) is 28.5. The highest BCUT2D eigenvalue weighted by atomic mass is 32.2. The van der Waals surface area contributed by atoms with Gasteiger partial charge in [-0.05, 0) is 53.9 Å².